The predicted octanol–water partition coefficient (Wildman–Crippen LogP) is 3.82. The number of carbonyl (C=O) groups excluding carboxylic acids is 1. The van der Waals surface area contributed by atoms with E-state index in [4.69, 9.17) is 4.74 Å². The molecule has 0 amide bonds. The van der Waals surface area contributed by atoms with E-state index in [1.165, 1.54) is 12.5 Å². The minimum absolute atomic E-state index is 0.0507. The third-order valence-corrected chi connectivity index (χ3v) is 4.13. The minimum Gasteiger partial charge on any atom is -0.465 e. The van der Waals surface area contributed by atoms with Crippen LogP contribution in [0.2, 0.25) is 0 Å². The normalized spacial score (nSPS) is 22.9. The van der Waals surface area contributed by atoms with Crippen molar-refractivity contribution in [1.29, 1.82) is 0 Å². The van der Waals surface area contributed by atoms with Crippen molar-refractivity contribution in [3.05, 3.63) is 18.0 Å². The zero-order chi connectivity index (χ0) is 16.2. The molecule has 1 atom stereocenters. The zero-order valence-electron chi connectivity index (χ0n) is 12.5. The van der Waals surface area contributed by atoms with E-state index < -0.39 is 24.5 Å². The predicted molar refractivity (Wildman–Crippen MR) is 74.1 cm³/mol. The standard InChI is InChI=1S/C15H21F3N2O2/c1-10(6-15(16,17)18)2-3-14(21)22-9-11-4-12(5-11)13-7-19-20-8-13/h7-8,10-12H,2-6,9H2,1H3,(H,19,20)/t10-,11?,12?/m1/s1. The highest BCUT2D eigenvalue weighted by atomic mass is 19.4. The molecule has 124 valence electrons. The molecule has 0 saturated heterocycles. The van der Waals surface area contributed by atoms with E-state index >= 15 is 0 Å². The van der Waals surface area contributed by atoms with Crippen LogP contribution in [-0.4, -0.2) is 28.9 Å². The fourth-order valence-electron chi connectivity index (χ4n) is 2.77. The Morgan fingerprint density at radius 2 is 2.23 bits per heavy atom. The molecule has 7 heteroatoms. The smallest absolute Gasteiger partial charge is 0.389 e. The highest BCUT2D eigenvalue weighted by Gasteiger charge is 2.32. The van der Waals surface area contributed by atoms with E-state index in [1.807, 2.05) is 6.20 Å². The van der Waals surface area contributed by atoms with Crippen molar-refractivity contribution in [2.75, 3.05) is 6.61 Å². The first-order valence-electron chi connectivity index (χ1n) is 7.54. The number of aromatic nitrogens is 2. The first-order chi connectivity index (χ1) is 10.3. The van der Waals surface area contributed by atoms with Gasteiger partial charge in [-0.1, -0.05) is 6.92 Å². The third kappa shape index (κ3) is 5.35. The Hall–Kier alpha value is -1.53. The second-order valence-corrected chi connectivity index (χ2v) is 6.21. The first-order valence-corrected chi connectivity index (χ1v) is 7.54. The summed E-state index contributed by atoms with van der Waals surface area (Å²) in [4.78, 5) is 11.5. The number of H-pyrrole nitrogens is 1. The lowest BCUT2D eigenvalue weighted by Gasteiger charge is -2.34. The molecular weight excluding hydrogens is 297 g/mol. The Morgan fingerprint density at radius 1 is 1.50 bits per heavy atom. The van der Waals surface area contributed by atoms with Gasteiger partial charge in [0.05, 0.1) is 12.8 Å². The SMILES string of the molecule is C[C@H](CCC(=O)OCC1CC(c2cn[nH]c2)C1)CC(F)(F)F. The van der Waals surface area contributed by atoms with Crippen LogP contribution in [0.1, 0.15) is 50.5 Å². The molecule has 0 radical (unpaired) electrons. The highest BCUT2D eigenvalue weighted by Crippen LogP contribution is 2.41. The Balaban J connectivity index is 1.55. The first kappa shape index (κ1) is 16.8. The van der Waals surface area contributed by atoms with Crippen molar-refractivity contribution in [2.24, 2.45) is 11.8 Å². The number of hydrogen-bond donors (Lipinski definition) is 1. The number of nitrogens with zero attached hydrogens (tertiary/aromatic N) is 1. The summed E-state index contributed by atoms with van der Waals surface area (Å²) in [6, 6.07) is 0. The van der Waals surface area contributed by atoms with E-state index in [9.17, 15) is 18.0 Å². The van der Waals surface area contributed by atoms with Crippen LogP contribution in [0, 0.1) is 11.8 Å². The summed E-state index contributed by atoms with van der Waals surface area (Å²) in [5, 5.41) is 6.67. The summed E-state index contributed by atoms with van der Waals surface area (Å²) >= 11 is 0. The van der Waals surface area contributed by atoms with Crippen LogP contribution in [0.15, 0.2) is 12.4 Å². The number of esters is 1. The van der Waals surface area contributed by atoms with Crippen molar-refractivity contribution in [2.45, 2.75) is 51.1 Å². The number of rotatable bonds is 7. The van der Waals surface area contributed by atoms with Gasteiger partial charge in [-0.2, -0.15) is 18.3 Å². The van der Waals surface area contributed by atoms with Gasteiger partial charge in [0.25, 0.3) is 0 Å². The van der Waals surface area contributed by atoms with Gasteiger partial charge in [-0.25, -0.2) is 0 Å². The van der Waals surface area contributed by atoms with Crippen molar-refractivity contribution >= 4 is 5.97 Å². The van der Waals surface area contributed by atoms with Gasteiger partial charge < -0.3 is 4.74 Å². The molecule has 1 N–H and O–H groups in total. The lowest BCUT2D eigenvalue weighted by molar-refractivity contribution is -0.150. The summed E-state index contributed by atoms with van der Waals surface area (Å²) < 4.78 is 41.7. The fraction of sp³-hybridized carbons (Fsp3) is 0.733. The third-order valence-electron chi connectivity index (χ3n) is 4.13. The minimum atomic E-state index is -4.17. The summed E-state index contributed by atoms with van der Waals surface area (Å²) in [5.74, 6) is -0.145. The molecule has 1 aliphatic carbocycles. The number of aromatic amines is 1. The van der Waals surface area contributed by atoms with Crippen molar-refractivity contribution in [1.82, 2.24) is 10.2 Å². The van der Waals surface area contributed by atoms with E-state index in [-0.39, 0.29) is 12.8 Å². The number of alkyl halides is 3. The van der Waals surface area contributed by atoms with Gasteiger partial charge in [0.2, 0.25) is 0 Å². The van der Waals surface area contributed by atoms with Gasteiger partial charge in [0.1, 0.15) is 0 Å². The maximum absolute atomic E-state index is 12.2. The number of nitrogens with one attached hydrogen (secondary N) is 1. The molecule has 1 aliphatic rings. The summed E-state index contributed by atoms with van der Waals surface area (Å²) in [6.07, 6.45) is 0.820. The number of halogens is 3. The Bertz CT molecular complexity index is 468. The van der Waals surface area contributed by atoms with Crippen molar-refractivity contribution < 1.29 is 22.7 Å². The molecule has 0 aliphatic heterocycles. The van der Waals surface area contributed by atoms with Crippen molar-refractivity contribution in [3.63, 3.8) is 0 Å². The second kappa shape index (κ2) is 7.15. The molecule has 1 saturated carbocycles. The highest BCUT2D eigenvalue weighted by molar-refractivity contribution is 5.69. The van der Waals surface area contributed by atoms with Crippen LogP contribution in [0.5, 0.6) is 0 Å². The quantitative estimate of drug-likeness (QED) is 0.778. The van der Waals surface area contributed by atoms with E-state index in [2.05, 4.69) is 10.2 Å². The average Bonchev–Trinajstić information content (AvgIpc) is 2.86. The summed E-state index contributed by atoms with van der Waals surface area (Å²) in [6.45, 7) is 1.86. The Labute approximate surface area is 127 Å². The lowest BCUT2D eigenvalue weighted by Crippen LogP contribution is -2.27. The number of carbonyl (C=O) groups is 1. The van der Waals surface area contributed by atoms with E-state index in [0.29, 0.717) is 18.4 Å². The van der Waals surface area contributed by atoms with E-state index in [0.717, 1.165) is 12.8 Å². The van der Waals surface area contributed by atoms with Gasteiger partial charge >= 0.3 is 12.1 Å². The van der Waals surface area contributed by atoms with Gasteiger partial charge in [-0.3, -0.25) is 9.89 Å². The van der Waals surface area contributed by atoms with Crippen LogP contribution in [-0.2, 0) is 9.53 Å². The molecule has 4 nitrogen and oxygen atoms in total. The largest absolute Gasteiger partial charge is 0.465 e. The van der Waals surface area contributed by atoms with Gasteiger partial charge in [0, 0.05) is 19.0 Å². The van der Waals surface area contributed by atoms with Gasteiger partial charge in [-0.05, 0) is 42.6 Å². The summed E-state index contributed by atoms with van der Waals surface area (Å²) in [5.41, 5.74) is 1.17. The monoisotopic (exact) mass is 318 g/mol. The Kier molecular flexibility index (Phi) is 5.47. The van der Waals surface area contributed by atoms with Crippen LogP contribution >= 0.6 is 0 Å². The molecular formula is C15H21F3N2O2. The topological polar surface area (TPSA) is 55.0 Å². The molecule has 0 spiro atoms. The number of ether oxygens (including phenoxy) is 1. The van der Waals surface area contributed by atoms with Crippen LogP contribution in [0.4, 0.5) is 13.2 Å². The molecule has 0 aromatic carbocycles. The fourth-order valence-corrected chi connectivity index (χ4v) is 2.77. The summed E-state index contributed by atoms with van der Waals surface area (Å²) in [7, 11) is 0. The molecule has 1 aromatic heterocycles. The molecule has 2 rings (SSSR count). The molecule has 0 unspecified atom stereocenters. The van der Waals surface area contributed by atoms with Crippen LogP contribution < -0.4 is 0 Å². The van der Waals surface area contributed by atoms with Gasteiger partial charge in [0.15, 0.2) is 0 Å². The van der Waals surface area contributed by atoms with E-state index in [1.54, 1.807) is 6.20 Å². The van der Waals surface area contributed by atoms with Gasteiger partial charge in [-0.15, -0.1) is 0 Å². The lowest BCUT2D eigenvalue weighted by atomic mass is 9.72. The molecule has 0 bridgehead atoms. The molecule has 1 heterocycles. The van der Waals surface area contributed by atoms with Crippen LogP contribution in [0.25, 0.3) is 0 Å². The Morgan fingerprint density at radius 3 is 2.82 bits per heavy atom. The molecule has 1 fully saturated rings. The molecule has 22 heavy (non-hydrogen) atoms. The maximum Gasteiger partial charge on any atom is 0.389 e. The van der Waals surface area contributed by atoms with Crippen molar-refractivity contribution in [3.8, 4) is 0 Å². The maximum atomic E-state index is 12.2. The van der Waals surface area contributed by atoms with Crippen LogP contribution in [0.3, 0.4) is 0 Å². The average molecular weight is 318 g/mol. The number of hydrogen-bond acceptors (Lipinski definition) is 3. The molecule has 1 aromatic rings. The second-order valence-electron chi connectivity index (χ2n) is 6.21. The zero-order valence-corrected chi connectivity index (χ0v) is 12.5.